The predicted molar refractivity (Wildman–Crippen MR) is 79.6 cm³/mol. The van der Waals surface area contributed by atoms with Crippen LogP contribution in [0.1, 0.15) is 31.9 Å². The van der Waals surface area contributed by atoms with Crippen molar-refractivity contribution in [2.75, 3.05) is 5.73 Å². The highest BCUT2D eigenvalue weighted by Gasteiger charge is 2.19. The van der Waals surface area contributed by atoms with E-state index in [-0.39, 0.29) is 5.41 Å². The van der Waals surface area contributed by atoms with Gasteiger partial charge in [-0.15, -0.1) is 0 Å². The van der Waals surface area contributed by atoms with Crippen LogP contribution in [0.15, 0.2) is 36.4 Å². The van der Waals surface area contributed by atoms with Crippen molar-refractivity contribution in [1.82, 2.24) is 0 Å². The maximum atomic E-state index is 6.00. The fourth-order valence-electron chi connectivity index (χ4n) is 1.91. The van der Waals surface area contributed by atoms with Gasteiger partial charge in [-0.05, 0) is 60.4 Å². The molecule has 0 bridgehead atoms. The molecule has 2 aromatic rings. The number of nitrogen functional groups attached to an aromatic ring is 1. The molecule has 0 saturated carbocycles. The van der Waals surface area contributed by atoms with Crippen LogP contribution in [0, 0.1) is 13.0 Å². The summed E-state index contributed by atoms with van der Waals surface area (Å²) in [5.74, 6) is 1.68. The molecule has 2 nitrogen and oxygen atoms in total. The van der Waals surface area contributed by atoms with Crippen LogP contribution in [-0.2, 0) is 5.41 Å². The summed E-state index contributed by atoms with van der Waals surface area (Å²) < 4.78 is 6.00. The third-order valence-corrected chi connectivity index (χ3v) is 2.97. The maximum absolute atomic E-state index is 6.00. The highest BCUT2D eigenvalue weighted by atomic mass is 16.5. The lowest BCUT2D eigenvalue weighted by Crippen LogP contribution is -2.12. The molecule has 2 aromatic carbocycles. The summed E-state index contributed by atoms with van der Waals surface area (Å²) in [6.07, 6.45) is 0. The lowest BCUT2D eigenvalue weighted by atomic mass is 9.86. The molecule has 0 spiro atoms. The molecule has 19 heavy (non-hydrogen) atoms. The zero-order valence-corrected chi connectivity index (χ0v) is 11.9. The zero-order valence-electron chi connectivity index (χ0n) is 11.9. The molecule has 0 saturated heterocycles. The molecule has 0 amide bonds. The molecule has 0 heterocycles. The summed E-state index contributed by atoms with van der Waals surface area (Å²) in [7, 11) is 0. The van der Waals surface area contributed by atoms with Crippen molar-refractivity contribution in [2.24, 2.45) is 0 Å². The number of benzene rings is 2. The SMILES string of the molecule is Cc1[c]cc(C(C)(C)C)c(Oc2ccc(N)cc2)c1. The minimum absolute atomic E-state index is 0.0212. The van der Waals surface area contributed by atoms with E-state index in [2.05, 4.69) is 26.8 Å². The van der Waals surface area contributed by atoms with Crippen molar-refractivity contribution in [3.63, 3.8) is 0 Å². The molecule has 0 aliphatic carbocycles. The Kier molecular flexibility index (Phi) is 3.52. The Hall–Kier alpha value is -1.96. The van der Waals surface area contributed by atoms with Crippen LogP contribution in [-0.4, -0.2) is 0 Å². The number of ether oxygens (including phenoxy) is 1. The molecule has 99 valence electrons. The molecule has 0 unspecified atom stereocenters. The first-order chi connectivity index (χ1) is 8.86. The lowest BCUT2D eigenvalue weighted by molar-refractivity contribution is 0.455. The van der Waals surface area contributed by atoms with Gasteiger partial charge < -0.3 is 10.5 Å². The van der Waals surface area contributed by atoms with E-state index in [0.717, 1.165) is 28.3 Å². The Balaban J connectivity index is 2.38. The van der Waals surface area contributed by atoms with Gasteiger partial charge in [-0.1, -0.05) is 20.8 Å². The van der Waals surface area contributed by atoms with Crippen LogP contribution in [0.4, 0.5) is 5.69 Å². The Morgan fingerprint density at radius 2 is 1.74 bits per heavy atom. The van der Waals surface area contributed by atoms with Crippen molar-refractivity contribution >= 4 is 5.69 Å². The number of anilines is 1. The zero-order chi connectivity index (χ0) is 14.0. The summed E-state index contributed by atoms with van der Waals surface area (Å²) in [6, 6.07) is 14.7. The van der Waals surface area contributed by atoms with Gasteiger partial charge in [-0.25, -0.2) is 0 Å². The molecular formula is C17H20NO. The smallest absolute Gasteiger partial charge is 0.131 e. The fraction of sp³-hybridized carbons (Fsp3) is 0.294. The van der Waals surface area contributed by atoms with Crippen LogP contribution < -0.4 is 10.5 Å². The van der Waals surface area contributed by atoms with E-state index < -0.39 is 0 Å². The topological polar surface area (TPSA) is 35.2 Å². The van der Waals surface area contributed by atoms with Crippen LogP contribution >= 0.6 is 0 Å². The fourth-order valence-corrected chi connectivity index (χ4v) is 1.91. The summed E-state index contributed by atoms with van der Waals surface area (Å²) >= 11 is 0. The van der Waals surface area contributed by atoms with Gasteiger partial charge in [0, 0.05) is 11.3 Å². The molecule has 0 aliphatic rings. The highest BCUT2D eigenvalue weighted by Crippen LogP contribution is 2.34. The van der Waals surface area contributed by atoms with Gasteiger partial charge in [-0.3, -0.25) is 0 Å². The van der Waals surface area contributed by atoms with E-state index in [1.165, 1.54) is 0 Å². The second-order valence-corrected chi connectivity index (χ2v) is 5.82. The van der Waals surface area contributed by atoms with E-state index >= 15 is 0 Å². The Morgan fingerprint density at radius 3 is 2.32 bits per heavy atom. The van der Waals surface area contributed by atoms with E-state index in [0.29, 0.717) is 0 Å². The van der Waals surface area contributed by atoms with Crippen LogP contribution in [0.25, 0.3) is 0 Å². The summed E-state index contributed by atoms with van der Waals surface area (Å²) in [4.78, 5) is 0. The van der Waals surface area contributed by atoms with Crippen molar-refractivity contribution in [3.8, 4) is 11.5 Å². The second kappa shape index (κ2) is 4.96. The van der Waals surface area contributed by atoms with E-state index in [9.17, 15) is 0 Å². The van der Waals surface area contributed by atoms with Gasteiger partial charge in [-0.2, -0.15) is 0 Å². The first-order valence-electron chi connectivity index (χ1n) is 6.42. The number of nitrogens with two attached hydrogens (primary N) is 1. The van der Waals surface area contributed by atoms with Gasteiger partial charge in [0.2, 0.25) is 0 Å². The number of aryl methyl sites for hydroxylation is 1. The van der Waals surface area contributed by atoms with E-state index in [1.54, 1.807) is 0 Å². The molecule has 0 atom stereocenters. The Bertz CT molecular complexity index is 565. The number of rotatable bonds is 2. The van der Waals surface area contributed by atoms with E-state index in [4.69, 9.17) is 10.5 Å². The van der Waals surface area contributed by atoms with Gasteiger partial charge in [0.05, 0.1) is 0 Å². The van der Waals surface area contributed by atoms with Crippen LogP contribution in [0.5, 0.6) is 11.5 Å². The third-order valence-electron chi connectivity index (χ3n) is 2.97. The summed E-state index contributed by atoms with van der Waals surface area (Å²) in [5, 5.41) is 0. The Morgan fingerprint density at radius 1 is 1.11 bits per heavy atom. The third kappa shape index (κ3) is 3.28. The van der Waals surface area contributed by atoms with Crippen molar-refractivity contribution < 1.29 is 4.74 Å². The molecule has 2 heteroatoms. The molecule has 0 aliphatic heterocycles. The first kappa shape index (κ1) is 13.5. The van der Waals surface area contributed by atoms with Crippen molar-refractivity contribution in [1.29, 1.82) is 0 Å². The Labute approximate surface area is 115 Å². The molecule has 2 rings (SSSR count). The minimum atomic E-state index is 0.0212. The molecular weight excluding hydrogens is 234 g/mol. The number of hydrogen-bond acceptors (Lipinski definition) is 2. The average Bonchev–Trinajstić information content (AvgIpc) is 2.30. The average molecular weight is 254 g/mol. The molecule has 2 N–H and O–H groups in total. The standard InChI is InChI=1S/C17H20NO/c1-12-5-10-15(17(2,3)4)16(11-12)19-14-8-6-13(18)7-9-14/h6-11H,18H2,1-4H3. The quantitative estimate of drug-likeness (QED) is 0.803. The van der Waals surface area contributed by atoms with Crippen LogP contribution in [0.3, 0.4) is 0 Å². The molecule has 0 fully saturated rings. The molecule has 0 aromatic heterocycles. The van der Waals surface area contributed by atoms with Crippen LogP contribution in [0.2, 0.25) is 0 Å². The van der Waals surface area contributed by atoms with Crippen molar-refractivity contribution in [3.05, 3.63) is 53.6 Å². The van der Waals surface area contributed by atoms with Gasteiger partial charge in [0.1, 0.15) is 11.5 Å². The highest BCUT2D eigenvalue weighted by molar-refractivity contribution is 5.46. The second-order valence-electron chi connectivity index (χ2n) is 5.82. The normalized spacial score (nSPS) is 11.4. The van der Waals surface area contributed by atoms with E-state index in [1.807, 2.05) is 43.3 Å². The lowest BCUT2D eigenvalue weighted by Gasteiger charge is -2.23. The first-order valence-corrected chi connectivity index (χ1v) is 6.42. The maximum Gasteiger partial charge on any atom is 0.131 e. The largest absolute Gasteiger partial charge is 0.457 e. The monoisotopic (exact) mass is 254 g/mol. The van der Waals surface area contributed by atoms with Crippen molar-refractivity contribution in [2.45, 2.75) is 33.1 Å². The summed E-state index contributed by atoms with van der Waals surface area (Å²) in [5.41, 5.74) is 8.66. The minimum Gasteiger partial charge on any atom is -0.457 e. The number of hydrogen-bond donors (Lipinski definition) is 1. The summed E-state index contributed by atoms with van der Waals surface area (Å²) in [6.45, 7) is 8.52. The van der Waals surface area contributed by atoms with Gasteiger partial charge in [0.15, 0.2) is 0 Å². The predicted octanol–water partition coefficient (Wildman–Crippen LogP) is 4.47. The van der Waals surface area contributed by atoms with Gasteiger partial charge in [0.25, 0.3) is 0 Å². The molecule has 1 radical (unpaired) electrons. The van der Waals surface area contributed by atoms with Gasteiger partial charge >= 0.3 is 0 Å².